The number of amides is 1. The highest BCUT2D eigenvalue weighted by Gasteiger charge is 2.19. The largest absolute Gasteiger partial charge is 0.485 e. The van der Waals surface area contributed by atoms with Crippen molar-refractivity contribution in [3.05, 3.63) is 59.4 Å². The third kappa shape index (κ3) is 3.24. The lowest BCUT2D eigenvalue weighted by atomic mass is 10.2. The summed E-state index contributed by atoms with van der Waals surface area (Å²) in [5.41, 5.74) is 1.84. The zero-order valence-electron chi connectivity index (χ0n) is 14.8. The SMILES string of the molecule is CCc1nc2c(OCc3ccc(F)c(F)c3)cccn2c1N(C)C(C)=O. The number of carbonyl (C=O) groups is 1. The van der Waals surface area contributed by atoms with Gasteiger partial charge in [0.25, 0.3) is 0 Å². The fourth-order valence-electron chi connectivity index (χ4n) is 2.72. The summed E-state index contributed by atoms with van der Waals surface area (Å²) < 4.78 is 33.9. The minimum absolute atomic E-state index is 0.0725. The van der Waals surface area contributed by atoms with Crippen molar-refractivity contribution in [1.29, 1.82) is 0 Å². The van der Waals surface area contributed by atoms with Gasteiger partial charge in [-0.25, -0.2) is 13.8 Å². The first-order valence-electron chi connectivity index (χ1n) is 8.23. The molecule has 0 fully saturated rings. The van der Waals surface area contributed by atoms with Crippen LogP contribution in [0.5, 0.6) is 5.75 Å². The number of ether oxygens (including phenoxy) is 1. The lowest BCUT2D eigenvalue weighted by molar-refractivity contribution is -0.116. The summed E-state index contributed by atoms with van der Waals surface area (Å²) in [5, 5.41) is 0. The molecule has 0 bridgehead atoms. The minimum atomic E-state index is -0.913. The monoisotopic (exact) mass is 359 g/mol. The number of aromatic nitrogens is 2. The maximum atomic E-state index is 13.3. The molecule has 0 saturated heterocycles. The molecule has 0 spiro atoms. The molecule has 0 aliphatic rings. The van der Waals surface area contributed by atoms with E-state index in [4.69, 9.17) is 4.74 Å². The van der Waals surface area contributed by atoms with Gasteiger partial charge in [-0.05, 0) is 36.2 Å². The Kier molecular flexibility index (Phi) is 4.88. The Labute approximate surface area is 149 Å². The second-order valence-corrected chi connectivity index (χ2v) is 5.92. The molecule has 0 atom stereocenters. The highest BCUT2D eigenvalue weighted by atomic mass is 19.2. The number of nitrogens with zero attached hydrogens (tertiary/aromatic N) is 3. The maximum Gasteiger partial charge on any atom is 0.224 e. The van der Waals surface area contributed by atoms with Crippen molar-refractivity contribution in [2.75, 3.05) is 11.9 Å². The van der Waals surface area contributed by atoms with E-state index in [0.29, 0.717) is 29.2 Å². The van der Waals surface area contributed by atoms with Gasteiger partial charge in [0.2, 0.25) is 5.91 Å². The highest BCUT2D eigenvalue weighted by molar-refractivity contribution is 5.91. The predicted molar refractivity (Wildman–Crippen MR) is 94.3 cm³/mol. The van der Waals surface area contributed by atoms with Crippen LogP contribution in [0.25, 0.3) is 5.65 Å². The van der Waals surface area contributed by atoms with Gasteiger partial charge in [0.15, 0.2) is 23.0 Å². The number of imidazole rings is 1. The van der Waals surface area contributed by atoms with Crippen LogP contribution in [0.3, 0.4) is 0 Å². The number of fused-ring (bicyclic) bond motifs is 1. The fourth-order valence-corrected chi connectivity index (χ4v) is 2.72. The Morgan fingerprint density at radius 3 is 2.69 bits per heavy atom. The molecule has 0 N–H and O–H groups in total. The number of anilines is 1. The van der Waals surface area contributed by atoms with Crippen LogP contribution in [0.15, 0.2) is 36.5 Å². The first-order valence-corrected chi connectivity index (χ1v) is 8.23. The van der Waals surface area contributed by atoms with Crippen LogP contribution < -0.4 is 9.64 Å². The van der Waals surface area contributed by atoms with Crippen molar-refractivity contribution in [2.24, 2.45) is 0 Å². The van der Waals surface area contributed by atoms with Crippen molar-refractivity contribution in [2.45, 2.75) is 26.9 Å². The number of pyridine rings is 1. The summed E-state index contributed by atoms with van der Waals surface area (Å²) in [6, 6.07) is 7.18. The highest BCUT2D eigenvalue weighted by Crippen LogP contribution is 2.28. The molecular formula is C19H19F2N3O2. The van der Waals surface area contributed by atoms with E-state index < -0.39 is 11.6 Å². The third-order valence-electron chi connectivity index (χ3n) is 4.16. The minimum Gasteiger partial charge on any atom is -0.485 e. The van der Waals surface area contributed by atoms with Crippen LogP contribution in [-0.2, 0) is 17.8 Å². The van der Waals surface area contributed by atoms with Crippen LogP contribution in [0.2, 0.25) is 0 Å². The number of carbonyl (C=O) groups excluding carboxylic acids is 1. The molecule has 7 heteroatoms. The molecule has 0 aliphatic heterocycles. The molecule has 3 aromatic rings. The van der Waals surface area contributed by atoms with Crippen molar-refractivity contribution >= 4 is 17.4 Å². The molecule has 0 unspecified atom stereocenters. The molecule has 5 nitrogen and oxygen atoms in total. The standard InChI is InChI=1S/C19H19F2N3O2/c1-4-16-19(23(3)12(2)25)24-9-5-6-17(18(24)22-16)26-11-13-7-8-14(20)15(21)10-13/h5-10H,4,11H2,1-3H3. The Balaban J connectivity index is 1.96. The van der Waals surface area contributed by atoms with Gasteiger partial charge < -0.3 is 4.74 Å². The molecule has 0 saturated carbocycles. The van der Waals surface area contributed by atoms with Gasteiger partial charge in [-0.15, -0.1) is 0 Å². The molecule has 2 heterocycles. The van der Waals surface area contributed by atoms with Gasteiger partial charge in [-0.3, -0.25) is 14.1 Å². The van der Waals surface area contributed by atoms with Gasteiger partial charge in [-0.1, -0.05) is 13.0 Å². The molecule has 136 valence electrons. The van der Waals surface area contributed by atoms with Crippen molar-refractivity contribution in [1.82, 2.24) is 9.38 Å². The molecule has 1 aromatic carbocycles. The molecule has 3 rings (SSSR count). The number of aryl methyl sites for hydroxylation is 1. The van der Waals surface area contributed by atoms with Crippen LogP contribution >= 0.6 is 0 Å². The van der Waals surface area contributed by atoms with Crippen molar-refractivity contribution in [3.63, 3.8) is 0 Å². The normalized spacial score (nSPS) is 11.0. The summed E-state index contributed by atoms with van der Waals surface area (Å²) in [4.78, 5) is 17.9. The lowest BCUT2D eigenvalue weighted by Crippen LogP contribution is -2.25. The van der Waals surface area contributed by atoms with Gasteiger partial charge in [0, 0.05) is 20.2 Å². The van der Waals surface area contributed by atoms with E-state index in [-0.39, 0.29) is 12.5 Å². The number of benzene rings is 1. The van der Waals surface area contributed by atoms with Crippen LogP contribution in [0, 0.1) is 11.6 Å². The van der Waals surface area contributed by atoms with E-state index in [0.717, 1.165) is 17.8 Å². The van der Waals surface area contributed by atoms with E-state index >= 15 is 0 Å². The van der Waals surface area contributed by atoms with Gasteiger partial charge in [0.05, 0.1) is 5.69 Å². The van der Waals surface area contributed by atoms with E-state index in [1.54, 1.807) is 29.8 Å². The number of hydrogen-bond donors (Lipinski definition) is 0. The topological polar surface area (TPSA) is 46.8 Å². The zero-order chi connectivity index (χ0) is 18.8. The number of hydrogen-bond acceptors (Lipinski definition) is 3. The van der Waals surface area contributed by atoms with E-state index in [2.05, 4.69) is 4.98 Å². The fraction of sp³-hybridized carbons (Fsp3) is 0.263. The van der Waals surface area contributed by atoms with Crippen molar-refractivity contribution in [3.8, 4) is 5.75 Å². The second-order valence-electron chi connectivity index (χ2n) is 5.92. The van der Waals surface area contributed by atoms with E-state index in [9.17, 15) is 13.6 Å². The molecule has 0 aliphatic carbocycles. The van der Waals surface area contributed by atoms with Crippen molar-refractivity contribution < 1.29 is 18.3 Å². The van der Waals surface area contributed by atoms with Gasteiger partial charge in [0.1, 0.15) is 12.4 Å². The summed E-state index contributed by atoms with van der Waals surface area (Å²) in [7, 11) is 1.69. The van der Waals surface area contributed by atoms with Crippen LogP contribution in [0.4, 0.5) is 14.6 Å². The van der Waals surface area contributed by atoms with E-state index in [1.807, 2.05) is 6.92 Å². The molecule has 2 aromatic heterocycles. The molecular weight excluding hydrogens is 340 g/mol. The average molecular weight is 359 g/mol. The molecule has 0 radical (unpaired) electrons. The first kappa shape index (κ1) is 17.8. The summed E-state index contributed by atoms with van der Waals surface area (Å²) in [6.45, 7) is 3.52. The Morgan fingerprint density at radius 2 is 2.04 bits per heavy atom. The Morgan fingerprint density at radius 1 is 1.27 bits per heavy atom. The van der Waals surface area contributed by atoms with Gasteiger partial charge >= 0.3 is 0 Å². The Bertz CT molecular complexity index is 969. The predicted octanol–water partition coefficient (Wildman–Crippen LogP) is 3.74. The first-order chi connectivity index (χ1) is 12.4. The van der Waals surface area contributed by atoms with Crippen LogP contribution in [-0.4, -0.2) is 22.3 Å². The molecule has 1 amide bonds. The average Bonchev–Trinajstić information content (AvgIpc) is 3.01. The summed E-state index contributed by atoms with van der Waals surface area (Å²) in [5.74, 6) is -0.726. The summed E-state index contributed by atoms with van der Waals surface area (Å²) in [6.07, 6.45) is 2.46. The number of rotatable bonds is 5. The van der Waals surface area contributed by atoms with E-state index in [1.165, 1.54) is 17.9 Å². The van der Waals surface area contributed by atoms with Gasteiger partial charge in [-0.2, -0.15) is 0 Å². The lowest BCUT2D eigenvalue weighted by Gasteiger charge is -2.16. The summed E-state index contributed by atoms with van der Waals surface area (Å²) >= 11 is 0. The molecule has 26 heavy (non-hydrogen) atoms. The zero-order valence-corrected chi connectivity index (χ0v) is 14.8. The third-order valence-corrected chi connectivity index (χ3v) is 4.16. The number of halogens is 2. The Hall–Kier alpha value is -2.96. The smallest absolute Gasteiger partial charge is 0.224 e. The second kappa shape index (κ2) is 7.11. The maximum absolute atomic E-state index is 13.3. The van der Waals surface area contributed by atoms with Crippen LogP contribution in [0.1, 0.15) is 25.1 Å². The quantitative estimate of drug-likeness (QED) is 0.697.